The SMILES string of the molecule is Cc1ccc(NC(=O)[C@H](C)N2CCN(c3ncccn3)CC2)cc1F. The molecule has 0 unspecified atom stereocenters. The van der Waals surface area contributed by atoms with Crippen LogP contribution in [-0.2, 0) is 4.79 Å². The molecule has 1 saturated heterocycles. The van der Waals surface area contributed by atoms with Crippen molar-refractivity contribution in [2.24, 2.45) is 0 Å². The van der Waals surface area contributed by atoms with E-state index < -0.39 is 0 Å². The first kappa shape index (κ1) is 17.3. The van der Waals surface area contributed by atoms with E-state index in [0.717, 1.165) is 32.1 Å². The highest BCUT2D eigenvalue weighted by atomic mass is 19.1. The molecule has 6 nitrogen and oxygen atoms in total. The maximum absolute atomic E-state index is 13.6. The van der Waals surface area contributed by atoms with Crippen LogP contribution in [0.5, 0.6) is 0 Å². The van der Waals surface area contributed by atoms with Gasteiger partial charge in [-0.25, -0.2) is 14.4 Å². The Morgan fingerprint density at radius 2 is 1.88 bits per heavy atom. The second-order valence-electron chi connectivity index (χ2n) is 6.20. The normalized spacial score (nSPS) is 16.5. The van der Waals surface area contributed by atoms with Crippen LogP contribution in [0.3, 0.4) is 0 Å². The van der Waals surface area contributed by atoms with E-state index >= 15 is 0 Å². The van der Waals surface area contributed by atoms with Crippen molar-refractivity contribution >= 4 is 17.5 Å². The van der Waals surface area contributed by atoms with Crippen LogP contribution in [0, 0.1) is 12.7 Å². The Morgan fingerprint density at radius 1 is 1.20 bits per heavy atom. The van der Waals surface area contributed by atoms with E-state index in [-0.39, 0.29) is 17.8 Å². The Morgan fingerprint density at radius 3 is 2.52 bits per heavy atom. The van der Waals surface area contributed by atoms with E-state index in [1.165, 1.54) is 6.07 Å². The Kier molecular flexibility index (Phi) is 5.23. The minimum absolute atomic E-state index is 0.132. The molecular weight excluding hydrogens is 321 g/mol. The van der Waals surface area contributed by atoms with Crippen LogP contribution in [-0.4, -0.2) is 53.0 Å². The lowest BCUT2D eigenvalue weighted by atomic mass is 10.2. The number of carbonyl (C=O) groups is 1. The number of carbonyl (C=O) groups excluding carboxylic acids is 1. The van der Waals surface area contributed by atoms with Crippen molar-refractivity contribution in [3.8, 4) is 0 Å². The summed E-state index contributed by atoms with van der Waals surface area (Å²) < 4.78 is 13.6. The summed E-state index contributed by atoms with van der Waals surface area (Å²) in [6, 6.07) is 6.23. The average Bonchev–Trinajstić information content (AvgIpc) is 2.65. The Hall–Kier alpha value is -2.54. The second kappa shape index (κ2) is 7.57. The molecule has 0 saturated carbocycles. The summed E-state index contributed by atoms with van der Waals surface area (Å²) in [6.07, 6.45) is 3.46. The molecule has 1 aliphatic heterocycles. The molecule has 1 atom stereocenters. The molecule has 1 aromatic heterocycles. The summed E-state index contributed by atoms with van der Waals surface area (Å²) in [5.41, 5.74) is 1.04. The fraction of sp³-hybridized carbons (Fsp3) is 0.389. The van der Waals surface area contributed by atoms with Crippen molar-refractivity contribution in [2.75, 3.05) is 36.4 Å². The number of aromatic nitrogens is 2. The summed E-state index contributed by atoms with van der Waals surface area (Å²) >= 11 is 0. The average molecular weight is 343 g/mol. The molecule has 7 heteroatoms. The Bertz CT molecular complexity index is 732. The summed E-state index contributed by atoms with van der Waals surface area (Å²) in [4.78, 5) is 25.2. The maximum atomic E-state index is 13.6. The maximum Gasteiger partial charge on any atom is 0.241 e. The van der Waals surface area contributed by atoms with Crippen molar-refractivity contribution in [3.63, 3.8) is 0 Å². The standard InChI is InChI=1S/C18H22FN5O/c1-13-4-5-15(12-16(13)19)22-17(25)14(2)23-8-10-24(11-9-23)18-20-6-3-7-21-18/h3-7,12,14H,8-11H2,1-2H3,(H,22,25)/t14-/m0/s1. The fourth-order valence-corrected chi connectivity index (χ4v) is 2.85. The first-order valence-corrected chi connectivity index (χ1v) is 8.37. The molecule has 25 heavy (non-hydrogen) atoms. The van der Waals surface area contributed by atoms with Gasteiger partial charge in [0.15, 0.2) is 0 Å². The number of benzene rings is 1. The molecule has 1 N–H and O–H groups in total. The highest BCUT2D eigenvalue weighted by Gasteiger charge is 2.26. The molecule has 1 amide bonds. The lowest BCUT2D eigenvalue weighted by Crippen LogP contribution is -2.53. The molecule has 0 bridgehead atoms. The van der Waals surface area contributed by atoms with E-state index in [4.69, 9.17) is 0 Å². The van der Waals surface area contributed by atoms with Gasteiger partial charge < -0.3 is 10.2 Å². The lowest BCUT2D eigenvalue weighted by Gasteiger charge is -2.37. The molecule has 3 rings (SSSR count). The van der Waals surface area contributed by atoms with Gasteiger partial charge >= 0.3 is 0 Å². The quantitative estimate of drug-likeness (QED) is 0.921. The molecule has 0 radical (unpaired) electrons. The van der Waals surface area contributed by atoms with Gasteiger partial charge in [-0.05, 0) is 37.6 Å². The molecule has 0 aliphatic carbocycles. The number of hydrogen-bond donors (Lipinski definition) is 1. The minimum atomic E-state index is -0.318. The molecule has 132 valence electrons. The van der Waals surface area contributed by atoms with E-state index in [2.05, 4.69) is 25.1 Å². The molecule has 0 spiro atoms. The van der Waals surface area contributed by atoms with Crippen LogP contribution >= 0.6 is 0 Å². The van der Waals surface area contributed by atoms with Crippen LogP contribution in [0.1, 0.15) is 12.5 Å². The first-order chi connectivity index (χ1) is 12.0. The van der Waals surface area contributed by atoms with Gasteiger partial charge in [-0.1, -0.05) is 6.07 Å². The third kappa shape index (κ3) is 4.11. The number of halogens is 1. The van der Waals surface area contributed by atoms with Crippen molar-refractivity contribution in [2.45, 2.75) is 19.9 Å². The smallest absolute Gasteiger partial charge is 0.241 e. The second-order valence-corrected chi connectivity index (χ2v) is 6.20. The number of hydrogen-bond acceptors (Lipinski definition) is 5. The fourth-order valence-electron chi connectivity index (χ4n) is 2.85. The van der Waals surface area contributed by atoms with Gasteiger partial charge in [0.25, 0.3) is 0 Å². The van der Waals surface area contributed by atoms with Gasteiger partial charge in [-0.15, -0.1) is 0 Å². The molecule has 2 heterocycles. The molecule has 1 aromatic carbocycles. The van der Waals surface area contributed by atoms with Crippen LogP contribution in [0.25, 0.3) is 0 Å². The van der Waals surface area contributed by atoms with Gasteiger partial charge in [0.1, 0.15) is 5.82 Å². The molecule has 1 fully saturated rings. The van der Waals surface area contributed by atoms with Crippen molar-refractivity contribution in [3.05, 3.63) is 48.0 Å². The van der Waals surface area contributed by atoms with Crippen molar-refractivity contribution < 1.29 is 9.18 Å². The predicted octanol–water partition coefficient (Wildman–Crippen LogP) is 2.07. The topological polar surface area (TPSA) is 61.4 Å². The summed E-state index contributed by atoms with van der Waals surface area (Å²) in [7, 11) is 0. The van der Waals surface area contributed by atoms with Gasteiger partial charge in [0, 0.05) is 44.3 Å². The van der Waals surface area contributed by atoms with Gasteiger partial charge in [0.05, 0.1) is 6.04 Å². The monoisotopic (exact) mass is 343 g/mol. The number of nitrogens with zero attached hydrogens (tertiary/aromatic N) is 4. The highest BCUT2D eigenvalue weighted by molar-refractivity contribution is 5.94. The zero-order chi connectivity index (χ0) is 17.8. The van der Waals surface area contributed by atoms with E-state index in [9.17, 15) is 9.18 Å². The van der Waals surface area contributed by atoms with Crippen molar-refractivity contribution in [1.29, 1.82) is 0 Å². The van der Waals surface area contributed by atoms with Gasteiger partial charge in [-0.2, -0.15) is 0 Å². The Balaban J connectivity index is 1.55. The number of rotatable bonds is 4. The molecular formula is C18H22FN5O. The summed E-state index contributed by atoms with van der Waals surface area (Å²) in [6.45, 7) is 6.58. The third-order valence-electron chi connectivity index (χ3n) is 4.52. The van der Waals surface area contributed by atoms with E-state index in [1.54, 1.807) is 37.5 Å². The molecule has 1 aliphatic rings. The largest absolute Gasteiger partial charge is 0.338 e. The van der Waals surface area contributed by atoms with Crippen LogP contribution in [0.4, 0.5) is 16.0 Å². The number of aryl methyl sites for hydroxylation is 1. The van der Waals surface area contributed by atoms with E-state index in [0.29, 0.717) is 11.3 Å². The van der Waals surface area contributed by atoms with Gasteiger partial charge in [0.2, 0.25) is 11.9 Å². The number of nitrogens with one attached hydrogen (secondary N) is 1. The highest BCUT2D eigenvalue weighted by Crippen LogP contribution is 2.16. The van der Waals surface area contributed by atoms with Gasteiger partial charge in [-0.3, -0.25) is 9.69 Å². The van der Waals surface area contributed by atoms with Crippen LogP contribution < -0.4 is 10.2 Å². The number of piperazine rings is 1. The summed E-state index contributed by atoms with van der Waals surface area (Å²) in [5.74, 6) is 0.268. The van der Waals surface area contributed by atoms with E-state index in [1.807, 2.05) is 6.92 Å². The third-order valence-corrected chi connectivity index (χ3v) is 4.52. The first-order valence-electron chi connectivity index (χ1n) is 8.37. The molecule has 2 aromatic rings. The lowest BCUT2D eigenvalue weighted by molar-refractivity contribution is -0.120. The number of anilines is 2. The van der Waals surface area contributed by atoms with Crippen molar-refractivity contribution in [1.82, 2.24) is 14.9 Å². The predicted molar refractivity (Wildman–Crippen MR) is 95.0 cm³/mol. The van der Waals surface area contributed by atoms with Crippen LogP contribution in [0.15, 0.2) is 36.7 Å². The van der Waals surface area contributed by atoms with Crippen LogP contribution in [0.2, 0.25) is 0 Å². The number of amides is 1. The zero-order valence-corrected chi connectivity index (χ0v) is 14.4. The summed E-state index contributed by atoms with van der Waals surface area (Å²) in [5, 5.41) is 2.79. The Labute approximate surface area is 146 Å². The zero-order valence-electron chi connectivity index (χ0n) is 14.4. The minimum Gasteiger partial charge on any atom is -0.338 e.